The van der Waals surface area contributed by atoms with Crippen LogP contribution in [0.25, 0.3) is 0 Å². The lowest BCUT2D eigenvalue weighted by molar-refractivity contribution is 0.569. The Hall–Kier alpha value is -1.56. The van der Waals surface area contributed by atoms with E-state index in [4.69, 9.17) is 6.42 Å². The van der Waals surface area contributed by atoms with Gasteiger partial charge in [-0.05, 0) is 29.7 Å². The highest BCUT2D eigenvalue weighted by Crippen LogP contribution is 2.20. The predicted molar refractivity (Wildman–Crippen MR) is 83.9 cm³/mol. The van der Waals surface area contributed by atoms with Gasteiger partial charge in [0.15, 0.2) is 0 Å². The number of benzene rings is 2. The fourth-order valence-corrected chi connectivity index (χ4v) is 2.30. The molecule has 19 heavy (non-hydrogen) atoms. The highest BCUT2D eigenvalue weighted by atomic mass is 79.9. The van der Waals surface area contributed by atoms with E-state index in [9.17, 15) is 0 Å². The van der Waals surface area contributed by atoms with Crippen LogP contribution in [0, 0.1) is 12.3 Å². The van der Waals surface area contributed by atoms with E-state index >= 15 is 0 Å². The molecule has 1 N–H and O–H groups in total. The smallest absolute Gasteiger partial charge is 0.0578 e. The molecule has 0 aliphatic rings. The first kappa shape index (κ1) is 13.9. The molecule has 0 radical (unpaired) electrons. The monoisotopic (exact) mass is 313 g/mol. The Balaban J connectivity index is 2.16. The fraction of sp³-hybridized carbons (Fsp3) is 0.176. The highest BCUT2D eigenvalue weighted by molar-refractivity contribution is 9.10. The quantitative estimate of drug-likeness (QED) is 0.824. The summed E-state index contributed by atoms with van der Waals surface area (Å²) in [5.74, 6) is 2.64. The molecule has 1 unspecified atom stereocenters. The summed E-state index contributed by atoms with van der Waals surface area (Å²) in [6, 6.07) is 19.1. The van der Waals surface area contributed by atoms with Crippen LogP contribution in [-0.2, 0) is 6.42 Å². The Kier molecular flexibility index (Phi) is 5.20. The Bertz CT molecular complexity index is 540. The van der Waals surface area contributed by atoms with Crippen molar-refractivity contribution < 1.29 is 0 Å². The minimum Gasteiger partial charge on any atom is -0.299 e. The molecular weight excluding hydrogens is 298 g/mol. The Morgan fingerprint density at radius 3 is 2.37 bits per heavy atom. The molecule has 0 bridgehead atoms. The van der Waals surface area contributed by atoms with Gasteiger partial charge in [-0.1, -0.05) is 64.3 Å². The van der Waals surface area contributed by atoms with Crippen LogP contribution in [0.1, 0.15) is 17.2 Å². The summed E-state index contributed by atoms with van der Waals surface area (Å²) in [5.41, 5.74) is 2.56. The normalized spacial score (nSPS) is 11.8. The van der Waals surface area contributed by atoms with E-state index < -0.39 is 0 Å². The molecule has 0 aliphatic carbocycles. The number of nitrogens with one attached hydrogen (secondary N) is 1. The molecule has 1 atom stereocenters. The molecular formula is C17H16BrN. The standard InChI is InChI=1S/C17H16BrN/c1-2-12-19-17(13-14-6-4-3-5-7-14)15-8-10-16(18)11-9-15/h1,3-11,17,19H,12-13H2. The summed E-state index contributed by atoms with van der Waals surface area (Å²) in [4.78, 5) is 0. The lowest BCUT2D eigenvalue weighted by Gasteiger charge is -2.18. The maximum Gasteiger partial charge on any atom is 0.0578 e. The molecule has 0 amide bonds. The Labute approximate surface area is 123 Å². The van der Waals surface area contributed by atoms with Crippen molar-refractivity contribution in [1.29, 1.82) is 0 Å². The van der Waals surface area contributed by atoms with Gasteiger partial charge in [-0.2, -0.15) is 0 Å². The minimum atomic E-state index is 0.242. The number of rotatable bonds is 5. The summed E-state index contributed by atoms with van der Waals surface area (Å²) in [7, 11) is 0. The van der Waals surface area contributed by atoms with Crippen LogP contribution in [0.3, 0.4) is 0 Å². The van der Waals surface area contributed by atoms with Gasteiger partial charge in [0.05, 0.1) is 6.54 Å². The van der Waals surface area contributed by atoms with Crippen molar-refractivity contribution >= 4 is 15.9 Å². The molecule has 2 heteroatoms. The third-order valence-electron chi connectivity index (χ3n) is 3.01. The van der Waals surface area contributed by atoms with Gasteiger partial charge in [0, 0.05) is 10.5 Å². The van der Waals surface area contributed by atoms with Gasteiger partial charge in [-0.3, -0.25) is 5.32 Å². The van der Waals surface area contributed by atoms with E-state index in [1.54, 1.807) is 0 Å². The van der Waals surface area contributed by atoms with Gasteiger partial charge in [0.1, 0.15) is 0 Å². The van der Waals surface area contributed by atoms with E-state index in [-0.39, 0.29) is 6.04 Å². The van der Waals surface area contributed by atoms with E-state index in [0.29, 0.717) is 6.54 Å². The predicted octanol–water partition coefficient (Wildman–Crippen LogP) is 3.96. The zero-order valence-corrected chi connectivity index (χ0v) is 12.2. The Morgan fingerprint density at radius 1 is 1.05 bits per heavy atom. The van der Waals surface area contributed by atoms with Crippen molar-refractivity contribution in [1.82, 2.24) is 5.32 Å². The molecule has 1 nitrogen and oxygen atoms in total. The number of terminal acetylenes is 1. The molecule has 0 saturated heterocycles. The first-order valence-electron chi connectivity index (χ1n) is 6.26. The third-order valence-corrected chi connectivity index (χ3v) is 3.53. The van der Waals surface area contributed by atoms with Gasteiger partial charge < -0.3 is 0 Å². The summed E-state index contributed by atoms with van der Waals surface area (Å²) < 4.78 is 1.09. The third kappa shape index (κ3) is 4.24. The number of hydrogen-bond acceptors (Lipinski definition) is 1. The molecule has 0 aliphatic heterocycles. The number of hydrogen-bond donors (Lipinski definition) is 1. The average Bonchev–Trinajstić information content (AvgIpc) is 2.45. The van der Waals surface area contributed by atoms with Gasteiger partial charge >= 0.3 is 0 Å². The second-order valence-electron chi connectivity index (χ2n) is 4.38. The Morgan fingerprint density at radius 2 is 1.74 bits per heavy atom. The van der Waals surface area contributed by atoms with E-state index in [0.717, 1.165) is 10.9 Å². The van der Waals surface area contributed by atoms with Crippen LogP contribution in [0.2, 0.25) is 0 Å². The lowest BCUT2D eigenvalue weighted by Crippen LogP contribution is -2.23. The molecule has 0 aromatic heterocycles. The van der Waals surface area contributed by atoms with Crippen molar-refractivity contribution in [2.75, 3.05) is 6.54 Å². The van der Waals surface area contributed by atoms with Crippen molar-refractivity contribution in [3.05, 3.63) is 70.2 Å². The molecule has 2 aromatic carbocycles. The second-order valence-corrected chi connectivity index (χ2v) is 5.29. The topological polar surface area (TPSA) is 12.0 Å². The first-order valence-corrected chi connectivity index (χ1v) is 7.05. The van der Waals surface area contributed by atoms with Crippen molar-refractivity contribution in [2.45, 2.75) is 12.5 Å². The van der Waals surface area contributed by atoms with Crippen LogP contribution in [0.5, 0.6) is 0 Å². The van der Waals surface area contributed by atoms with Crippen molar-refractivity contribution in [3.8, 4) is 12.3 Å². The van der Waals surface area contributed by atoms with Gasteiger partial charge in [0.25, 0.3) is 0 Å². The van der Waals surface area contributed by atoms with Gasteiger partial charge in [-0.25, -0.2) is 0 Å². The molecule has 96 valence electrons. The van der Waals surface area contributed by atoms with Crippen LogP contribution in [0.15, 0.2) is 59.1 Å². The largest absolute Gasteiger partial charge is 0.299 e. The molecule has 0 saturated carbocycles. The summed E-state index contributed by atoms with van der Waals surface area (Å²) in [5, 5.41) is 3.40. The first-order chi connectivity index (χ1) is 9.29. The molecule has 0 fully saturated rings. The van der Waals surface area contributed by atoms with Crippen molar-refractivity contribution in [2.24, 2.45) is 0 Å². The van der Waals surface area contributed by atoms with Crippen LogP contribution in [0.4, 0.5) is 0 Å². The minimum absolute atomic E-state index is 0.242. The van der Waals surface area contributed by atoms with Crippen molar-refractivity contribution in [3.63, 3.8) is 0 Å². The van der Waals surface area contributed by atoms with E-state index in [1.807, 2.05) is 6.07 Å². The van der Waals surface area contributed by atoms with Crippen LogP contribution in [-0.4, -0.2) is 6.54 Å². The second kappa shape index (κ2) is 7.13. The van der Waals surface area contributed by atoms with Gasteiger partial charge in [0.2, 0.25) is 0 Å². The summed E-state index contributed by atoms with van der Waals surface area (Å²) >= 11 is 3.46. The SMILES string of the molecule is C#CCNC(Cc1ccccc1)c1ccc(Br)cc1. The average molecular weight is 314 g/mol. The summed E-state index contributed by atoms with van der Waals surface area (Å²) in [6.07, 6.45) is 6.29. The molecule has 2 rings (SSSR count). The fourth-order valence-electron chi connectivity index (χ4n) is 2.03. The summed E-state index contributed by atoms with van der Waals surface area (Å²) in [6.45, 7) is 0.577. The zero-order valence-electron chi connectivity index (χ0n) is 10.6. The molecule has 0 heterocycles. The van der Waals surface area contributed by atoms with Gasteiger partial charge in [-0.15, -0.1) is 6.42 Å². The lowest BCUT2D eigenvalue weighted by atomic mass is 9.99. The number of halogens is 1. The van der Waals surface area contributed by atoms with E-state index in [1.165, 1.54) is 11.1 Å². The molecule has 0 spiro atoms. The maximum absolute atomic E-state index is 5.35. The maximum atomic E-state index is 5.35. The van der Waals surface area contributed by atoms with Crippen LogP contribution < -0.4 is 5.32 Å². The zero-order chi connectivity index (χ0) is 13.5. The highest BCUT2D eigenvalue weighted by Gasteiger charge is 2.11. The molecule has 2 aromatic rings. The van der Waals surface area contributed by atoms with E-state index in [2.05, 4.69) is 75.7 Å². The van der Waals surface area contributed by atoms with Crippen LogP contribution >= 0.6 is 15.9 Å².